The molecule has 0 aromatic heterocycles. The van der Waals surface area contributed by atoms with Crippen LogP contribution in [0.25, 0.3) is 0 Å². The molecule has 18 heavy (non-hydrogen) atoms. The number of aryl methyl sites for hydroxylation is 1. The molecule has 0 saturated heterocycles. The summed E-state index contributed by atoms with van der Waals surface area (Å²) in [4.78, 5) is 23.1. The fraction of sp³-hybridized carbons (Fsp3) is 0.357. The molecular weight excluding hydrogens is 228 g/mol. The van der Waals surface area contributed by atoms with Crippen molar-refractivity contribution in [2.75, 3.05) is 5.32 Å². The summed E-state index contributed by atoms with van der Waals surface area (Å²) in [5, 5.41) is 11.4. The van der Waals surface area contributed by atoms with Gasteiger partial charge in [-0.1, -0.05) is 0 Å². The SMILES string of the molecule is CC(=O)Nc1ccc2c(c1)CCC(CC#N)C2=O. The predicted octanol–water partition coefficient (Wildman–Crippen LogP) is 2.30. The molecule has 4 nitrogen and oxygen atoms in total. The van der Waals surface area contributed by atoms with Crippen LogP contribution in [0.15, 0.2) is 18.2 Å². The van der Waals surface area contributed by atoms with Crippen LogP contribution in [0.2, 0.25) is 0 Å². The molecular formula is C14H14N2O2. The van der Waals surface area contributed by atoms with Gasteiger partial charge >= 0.3 is 0 Å². The zero-order chi connectivity index (χ0) is 13.1. The van der Waals surface area contributed by atoms with Gasteiger partial charge in [-0.25, -0.2) is 0 Å². The Labute approximate surface area is 106 Å². The van der Waals surface area contributed by atoms with Gasteiger partial charge in [0.1, 0.15) is 0 Å². The minimum Gasteiger partial charge on any atom is -0.326 e. The van der Waals surface area contributed by atoms with Gasteiger partial charge in [0.15, 0.2) is 5.78 Å². The first kappa shape index (κ1) is 12.3. The fourth-order valence-electron chi connectivity index (χ4n) is 2.31. The van der Waals surface area contributed by atoms with Crippen molar-refractivity contribution in [3.05, 3.63) is 29.3 Å². The van der Waals surface area contributed by atoms with Gasteiger partial charge in [0, 0.05) is 30.5 Å². The Morgan fingerprint density at radius 1 is 1.56 bits per heavy atom. The van der Waals surface area contributed by atoms with Gasteiger partial charge in [0.05, 0.1) is 6.07 Å². The second kappa shape index (κ2) is 5.01. The summed E-state index contributed by atoms with van der Waals surface area (Å²) < 4.78 is 0. The van der Waals surface area contributed by atoms with E-state index >= 15 is 0 Å². The third-order valence-electron chi connectivity index (χ3n) is 3.16. The highest BCUT2D eigenvalue weighted by Gasteiger charge is 2.27. The number of nitrogens with zero attached hydrogens (tertiary/aromatic N) is 1. The standard InChI is InChI=1S/C14H14N2O2/c1-9(17)16-12-4-5-13-11(8-12)3-2-10(6-7-15)14(13)18/h4-5,8,10H,2-3,6H2,1H3,(H,16,17). The molecule has 1 N–H and O–H groups in total. The summed E-state index contributed by atoms with van der Waals surface area (Å²) in [5.41, 5.74) is 2.36. The molecule has 0 spiro atoms. The van der Waals surface area contributed by atoms with Gasteiger partial charge in [-0.05, 0) is 36.6 Å². The molecule has 1 amide bonds. The Morgan fingerprint density at radius 3 is 3.00 bits per heavy atom. The summed E-state index contributed by atoms with van der Waals surface area (Å²) in [6, 6.07) is 7.37. The van der Waals surface area contributed by atoms with E-state index in [1.165, 1.54) is 6.92 Å². The van der Waals surface area contributed by atoms with Crippen molar-refractivity contribution in [2.24, 2.45) is 5.92 Å². The van der Waals surface area contributed by atoms with Crippen LogP contribution in [0.1, 0.15) is 35.7 Å². The van der Waals surface area contributed by atoms with Crippen molar-refractivity contribution in [1.82, 2.24) is 0 Å². The first-order valence-corrected chi connectivity index (χ1v) is 5.93. The van der Waals surface area contributed by atoms with E-state index in [0.29, 0.717) is 17.7 Å². The topological polar surface area (TPSA) is 70.0 Å². The maximum atomic E-state index is 12.1. The highest BCUT2D eigenvalue weighted by molar-refractivity contribution is 6.01. The molecule has 0 aliphatic heterocycles. The summed E-state index contributed by atoms with van der Waals surface area (Å²) >= 11 is 0. The average Bonchev–Trinajstić information content (AvgIpc) is 2.32. The summed E-state index contributed by atoms with van der Waals surface area (Å²) in [6.07, 6.45) is 1.77. The molecule has 1 aromatic rings. The fourth-order valence-corrected chi connectivity index (χ4v) is 2.31. The second-order valence-corrected chi connectivity index (χ2v) is 4.52. The number of carbonyl (C=O) groups is 2. The lowest BCUT2D eigenvalue weighted by Crippen LogP contribution is -2.22. The number of rotatable bonds is 2. The number of fused-ring (bicyclic) bond motifs is 1. The van der Waals surface area contributed by atoms with Gasteiger partial charge < -0.3 is 5.32 Å². The third kappa shape index (κ3) is 2.40. The minimum atomic E-state index is -0.172. The van der Waals surface area contributed by atoms with Crippen molar-refractivity contribution in [1.29, 1.82) is 5.26 Å². The number of anilines is 1. The quantitative estimate of drug-likeness (QED) is 0.865. The van der Waals surface area contributed by atoms with E-state index < -0.39 is 0 Å². The lowest BCUT2D eigenvalue weighted by atomic mass is 9.81. The molecule has 1 aliphatic carbocycles. The first-order chi connectivity index (χ1) is 8.61. The largest absolute Gasteiger partial charge is 0.326 e. The van der Waals surface area contributed by atoms with E-state index in [2.05, 4.69) is 11.4 Å². The van der Waals surface area contributed by atoms with Crippen LogP contribution >= 0.6 is 0 Å². The molecule has 0 saturated carbocycles. The van der Waals surface area contributed by atoms with E-state index in [-0.39, 0.29) is 24.0 Å². The first-order valence-electron chi connectivity index (χ1n) is 5.93. The molecule has 1 unspecified atom stereocenters. The van der Waals surface area contributed by atoms with Gasteiger partial charge in [-0.15, -0.1) is 0 Å². The van der Waals surface area contributed by atoms with Crippen molar-refractivity contribution >= 4 is 17.4 Å². The number of ketones is 1. The molecule has 0 bridgehead atoms. The Balaban J connectivity index is 2.27. The van der Waals surface area contributed by atoms with Gasteiger partial charge in [0.2, 0.25) is 5.91 Å². The van der Waals surface area contributed by atoms with Crippen LogP contribution in [-0.4, -0.2) is 11.7 Å². The normalized spacial score (nSPS) is 17.8. The third-order valence-corrected chi connectivity index (χ3v) is 3.16. The van der Waals surface area contributed by atoms with Gasteiger partial charge in [-0.3, -0.25) is 9.59 Å². The molecule has 1 aliphatic rings. The van der Waals surface area contributed by atoms with E-state index in [1.54, 1.807) is 12.1 Å². The summed E-state index contributed by atoms with van der Waals surface area (Å²) in [6.45, 7) is 1.45. The lowest BCUT2D eigenvalue weighted by Gasteiger charge is -2.22. The Bertz CT molecular complexity index is 543. The van der Waals surface area contributed by atoms with Crippen LogP contribution in [0.4, 0.5) is 5.69 Å². The van der Waals surface area contributed by atoms with E-state index in [0.717, 1.165) is 12.0 Å². The summed E-state index contributed by atoms with van der Waals surface area (Å²) in [7, 11) is 0. The lowest BCUT2D eigenvalue weighted by molar-refractivity contribution is -0.114. The molecule has 92 valence electrons. The highest BCUT2D eigenvalue weighted by atomic mass is 16.1. The predicted molar refractivity (Wildman–Crippen MR) is 67.1 cm³/mol. The highest BCUT2D eigenvalue weighted by Crippen LogP contribution is 2.29. The van der Waals surface area contributed by atoms with E-state index in [1.807, 2.05) is 6.07 Å². The smallest absolute Gasteiger partial charge is 0.221 e. The number of carbonyl (C=O) groups excluding carboxylic acids is 2. The molecule has 4 heteroatoms. The molecule has 0 radical (unpaired) electrons. The number of amides is 1. The second-order valence-electron chi connectivity index (χ2n) is 4.52. The number of Topliss-reactive ketones (excluding diaryl/α,β-unsaturated/α-hetero) is 1. The maximum absolute atomic E-state index is 12.1. The number of hydrogen-bond acceptors (Lipinski definition) is 3. The monoisotopic (exact) mass is 242 g/mol. The van der Waals surface area contributed by atoms with Gasteiger partial charge in [-0.2, -0.15) is 5.26 Å². The molecule has 0 fully saturated rings. The van der Waals surface area contributed by atoms with Crippen LogP contribution in [0, 0.1) is 17.2 Å². The Hall–Kier alpha value is -2.15. The number of benzene rings is 1. The molecule has 1 aromatic carbocycles. The van der Waals surface area contributed by atoms with Crippen LogP contribution < -0.4 is 5.32 Å². The van der Waals surface area contributed by atoms with Gasteiger partial charge in [0.25, 0.3) is 0 Å². The Morgan fingerprint density at radius 2 is 2.33 bits per heavy atom. The maximum Gasteiger partial charge on any atom is 0.221 e. The Kier molecular flexibility index (Phi) is 3.42. The summed E-state index contributed by atoms with van der Waals surface area (Å²) in [5.74, 6) is -0.249. The zero-order valence-electron chi connectivity index (χ0n) is 10.2. The minimum absolute atomic E-state index is 0.0483. The molecule has 1 atom stereocenters. The van der Waals surface area contributed by atoms with Crippen LogP contribution in [0.3, 0.4) is 0 Å². The van der Waals surface area contributed by atoms with Crippen molar-refractivity contribution < 1.29 is 9.59 Å². The molecule has 0 heterocycles. The molecule has 2 rings (SSSR count). The van der Waals surface area contributed by atoms with Crippen molar-refractivity contribution in [3.63, 3.8) is 0 Å². The average molecular weight is 242 g/mol. The van der Waals surface area contributed by atoms with E-state index in [9.17, 15) is 9.59 Å². The van der Waals surface area contributed by atoms with Crippen LogP contribution in [-0.2, 0) is 11.2 Å². The van der Waals surface area contributed by atoms with Crippen molar-refractivity contribution in [3.8, 4) is 6.07 Å². The number of nitrogens with one attached hydrogen (secondary N) is 1. The number of hydrogen-bond donors (Lipinski definition) is 1. The zero-order valence-corrected chi connectivity index (χ0v) is 10.2. The van der Waals surface area contributed by atoms with Crippen molar-refractivity contribution in [2.45, 2.75) is 26.2 Å². The van der Waals surface area contributed by atoms with E-state index in [4.69, 9.17) is 5.26 Å². The van der Waals surface area contributed by atoms with Crippen LogP contribution in [0.5, 0.6) is 0 Å². The number of nitriles is 1.